The number of hydrogen-bond donors (Lipinski definition) is 0. The Morgan fingerprint density at radius 2 is 1.77 bits per heavy atom. The number of carbonyl (C=O) groups is 2. The van der Waals surface area contributed by atoms with Crippen molar-refractivity contribution in [3.8, 4) is 0 Å². The van der Waals surface area contributed by atoms with Gasteiger partial charge in [0.2, 0.25) is 0 Å². The number of amides is 1. The Balaban J connectivity index is 2.34. The standard InChI is InChI=1S/C17H23NO4/c1-21-16(19)12-13-8-6-7-11-15(13)18(17(20)22-2)14-9-4-3-5-10-14/h6-8,11,14H,3-5,9-10,12H2,1-2H3. The van der Waals surface area contributed by atoms with Crippen LogP contribution in [0, 0.1) is 0 Å². The van der Waals surface area contributed by atoms with E-state index in [9.17, 15) is 9.59 Å². The smallest absolute Gasteiger partial charge is 0.414 e. The molecule has 1 fully saturated rings. The number of nitrogens with zero attached hydrogens (tertiary/aromatic N) is 1. The quantitative estimate of drug-likeness (QED) is 0.801. The molecule has 2 rings (SSSR count). The fourth-order valence-electron chi connectivity index (χ4n) is 3.00. The number of esters is 1. The van der Waals surface area contributed by atoms with Crippen molar-refractivity contribution in [2.24, 2.45) is 0 Å². The third-order valence-electron chi connectivity index (χ3n) is 4.12. The molecule has 5 nitrogen and oxygen atoms in total. The molecule has 1 aromatic carbocycles. The summed E-state index contributed by atoms with van der Waals surface area (Å²) in [5, 5.41) is 0. The zero-order chi connectivity index (χ0) is 15.9. The molecule has 22 heavy (non-hydrogen) atoms. The van der Waals surface area contributed by atoms with Gasteiger partial charge >= 0.3 is 12.1 Å². The summed E-state index contributed by atoms with van der Waals surface area (Å²) in [5.74, 6) is -0.319. The summed E-state index contributed by atoms with van der Waals surface area (Å²) in [6, 6.07) is 7.57. The highest BCUT2D eigenvalue weighted by Crippen LogP contribution is 2.30. The van der Waals surface area contributed by atoms with E-state index in [1.54, 1.807) is 4.90 Å². The molecule has 1 aliphatic rings. The second-order valence-corrected chi connectivity index (χ2v) is 5.51. The minimum Gasteiger partial charge on any atom is -0.469 e. The van der Waals surface area contributed by atoms with E-state index in [2.05, 4.69) is 0 Å². The van der Waals surface area contributed by atoms with Gasteiger partial charge in [0.25, 0.3) is 0 Å². The summed E-state index contributed by atoms with van der Waals surface area (Å²) < 4.78 is 9.72. The van der Waals surface area contributed by atoms with E-state index in [1.165, 1.54) is 20.6 Å². The molecule has 0 radical (unpaired) electrons. The van der Waals surface area contributed by atoms with Gasteiger partial charge < -0.3 is 9.47 Å². The Kier molecular flexibility index (Phi) is 5.81. The van der Waals surface area contributed by atoms with Gasteiger partial charge in [0.1, 0.15) is 0 Å². The zero-order valence-corrected chi connectivity index (χ0v) is 13.2. The highest BCUT2D eigenvalue weighted by Gasteiger charge is 2.29. The maximum absolute atomic E-state index is 12.3. The van der Waals surface area contributed by atoms with Gasteiger partial charge in [-0.05, 0) is 24.5 Å². The number of hydrogen-bond acceptors (Lipinski definition) is 4. The maximum Gasteiger partial charge on any atom is 0.414 e. The molecule has 1 amide bonds. The van der Waals surface area contributed by atoms with Crippen molar-refractivity contribution < 1.29 is 19.1 Å². The van der Waals surface area contributed by atoms with Crippen LogP contribution in [0.4, 0.5) is 10.5 Å². The largest absolute Gasteiger partial charge is 0.469 e. The maximum atomic E-state index is 12.3. The lowest BCUT2D eigenvalue weighted by Gasteiger charge is -2.34. The molecule has 1 aliphatic carbocycles. The van der Waals surface area contributed by atoms with Crippen molar-refractivity contribution in [2.75, 3.05) is 19.1 Å². The Morgan fingerprint density at radius 1 is 1.09 bits per heavy atom. The second-order valence-electron chi connectivity index (χ2n) is 5.51. The van der Waals surface area contributed by atoms with Crippen LogP contribution < -0.4 is 4.90 Å². The predicted molar refractivity (Wildman–Crippen MR) is 83.9 cm³/mol. The molecule has 0 aromatic heterocycles. The minimum absolute atomic E-state index is 0.125. The number of anilines is 1. The van der Waals surface area contributed by atoms with Crippen molar-refractivity contribution >= 4 is 17.7 Å². The van der Waals surface area contributed by atoms with Crippen molar-refractivity contribution in [3.63, 3.8) is 0 Å². The Morgan fingerprint density at radius 3 is 2.41 bits per heavy atom. The van der Waals surface area contributed by atoms with Gasteiger partial charge in [-0.15, -0.1) is 0 Å². The van der Waals surface area contributed by atoms with Crippen LogP contribution in [0.5, 0.6) is 0 Å². The summed E-state index contributed by atoms with van der Waals surface area (Å²) >= 11 is 0. The van der Waals surface area contributed by atoms with Gasteiger partial charge in [0.15, 0.2) is 0 Å². The van der Waals surface area contributed by atoms with Crippen molar-refractivity contribution in [2.45, 2.75) is 44.6 Å². The lowest BCUT2D eigenvalue weighted by molar-refractivity contribution is -0.139. The third-order valence-corrected chi connectivity index (χ3v) is 4.12. The van der Waals surface area contributed by atoms with E-state index in [0.717, 1.165) is 36.9 Å². The summed E-state index contributed by atoms with van der Waals surface area (Å²) in [5.41, 5.74) is 1.52. The van der Waals surface area contributed by atoms with Crippen LogP contribution in [0.2, 0.25) is 0 Å². The summed E-state index contributed by atoms with van der Waals surface area (Å²) in [6.45, 7) is 0. The predicted octanol–water partition coefficient (Wildman–Crippen LogP) is 3.31. The van der Waals surface area contributed by atoms with Crippen LogP contribution in [0.3, 0.4) is 0 Å². The van der Waals surface area contributed by atoms with Gasteiger partial charge in [-0.3, -0.25) is 9.69 Å². The molecule has 0 spiro atoms. The number of rotatable bonds is 4. The topological polar surface area (TPSA) is 55.8 Å². The third kappa shape index (κ3) is 3.78. The fourth-order valence-corrected chi connectivity index (χ4v) is 3.00. The lowest BCUT2D eigenvalue weighted by atomic mass is 9.93. The van der Waals surface area contributed by atoms with Crippen molar-refractivity contribution in [1.82, 2.24) is 0 Å². The van der Waals surface area contributed by atoms with E-state index in [-0.39, 0.29) is 24.5 Å². The molecule has 1 saturated carbocycles. The molecule has 0 unspecified atom stereocenters. The molecule has 0 N–H and O–H groups in total. The number of carbonyl (C=O) groups excluding carboxylic acids is 2. The van der Waals surface area contributed by atoms with E-state index in [1.807, 2.05) is 24.3 Å². The summed E-state index contributed by atoms with van der Waals surface area (Å²) in [6.07, 6.45) is 5.12. The molecule has 0 heterocycles. The lowest BCUT2D eigenvalue weighted by Crippen LogP contribution is -2.42. The number of methoxy groups -OCH3 is 2. The van der Waals surface area contributed by atoms with E-state index in [0.29, 0.717) is 0 Å². The second kappa shape index (κ2) is 7.82. The molecule has 5 heteroatoms. The highest BCUT2D eigenvalue weighted by atomic mass is 16.5. The van der Waals surface area contributed by atoms with Crippen LogP contribution >= 0.6 is 0 Å². The zero-order valence-electron chi connectivity index (χ0n) is 13.2. The molecule has 0 atom stereocenters. The van der Waals surface area contributed by atoms with Gasteiger partial charge in [0, 0.05) is 6.04 Å². The highest BCUT2D eigenvalue weighted by molar-refractivity contribution is 5.90. The Labute approximate surface area is 131 Å². The molecule has 120 valence electrons. The Hall–Kier alpha value is -2.04. The molecular weight excluding hydrogens is 282 g/mol. The van der Waals surface area contributed by atoms with Crippen LogP contribution in [0.25, 0.3) is 0 Å². The first-order chi connectivity index (χ1) is 10.7. The van der Waals surface area contributed by atoms with Crippen LogP contribution in [0.15, 0.2) is 24.3 Å². The molecule has 0 saturated heterocycles. The van der Waals surface area contributed by atoms with Crippen molar-refractivity contribution in [1.29, 1.82) is 0 Å². The normalized spacial score (nSPS) is 15.2. The SMILES string of the molecule is COC(=O)Cc1ccccc1N(C(=O)OC)C1CCCCC1. The first-order valence-electron chi connectivity index (χ1n) is 7.69. The fraction of sp³-hybridized carbons (Fsp3) is 0.529. The van der Waals surface area contributed by atoms with Gasteiger partial charge in [-0.2, -0.15) is 0 Å². The number of para-hydroxylation sites is 1. The van der Waals surface area contributed by atoms with Gasteiger partial charge in [-0.25, -0.2) is 4.79 Å². The van der Waals surface area contributed by atoms with Crippen molar-refractivity contribution in [3.05, 3.63) is 29.8 Å². The minimum atomic E-state index is -0.371. The average molecular weight is 305 g/mol. The van der Waals surface area contributed by atoms with Gasteiger partial charge in [-0.1, -0.05) is 37.5 Å². The monoisotopic (exact) mass is 305 g/mol. The molecule has 0 bridgehead atoms. The first-order valence-corrected chi connectivity index (χ1v) is 7.69. The average Bonchev–Trinajstić information content (AvgIpc) is 2.57. The van der Waals surface area contributed by atoms with Crippen LogP contribution in [0.1, 0.15) is 37.7 Å². The Bertz CT molecular complexity index is 523. The number of ether oxygens (including phenoxy) is 2. The van der Waals surface area contributed by atoms with E-state index in [4.69, 9.17) is 9.47 Å². The molecule has 0 aliphatic heterocycles. The first kappa shape index (κ1) is 16.3. The van der Waals surface area contributed by atoms with Crippen LogP contribution in [-0.4, -0.2) is 32.3 Å². The molecular formula is C17H23NO4. The van der Waals surface area contributed by atoms with Gasteiger partial charge in [0.05, 0.1) is 26.3 Å². The van der Waals surface area contributed by atoms with E-state index >= 15 is 0 Å². The summed E-state index contributed by atoms with van der Waals surface area (Å²) in [7, 11) is 2.76. The number of benzene rings is 1. The van der Waals surface area contributed by atoms with E-state index < -0.39 is 0 Å². The molecule has 1 aromatic rings. The van der Waals surface area contributed by atoms with Crippen LogP contribution in [-0.2, 0) is 20.7 Å². The summed E-state index contributed by atoms with van der Waals surface area (Å²) in [4.78, 5) is 25.6.